The number of alkyl halides is 3. The molecule has 8 heteroatoms. The number of aromatic nitrogens is 2. The maximum absolute atomic E-state index is 13.4. The summed E-state index contributed by atoms with van der Waals surface area (Å²) in [4.78, 5) is 19.4. The summed E-state index contributed by atoms with van der Waals surface area (Å²) in [6.07, 6.45) is -2.67. The highest BCUT2D eigenvalue weighted by Gasteiger charge is 2.36. The molecule has 2 aromatic heterocycles. The molecule has 1 amide bonds. The van der Waals surface area contributed by atoms with E-state index in [2.05, 4.69) is 15.3 Å². The first-order valence-electron chi connectivity index (χ1n) is 7.81. The number of halogens is 4. The van der Waals surface area contributed by atoms with Gasteiger partial charge in [0.15, 0.2) is 5.69 Å². The maximum Gasteiger partial charge on any atom is 0.435 e. The van der Waals surface area contributed by atoms with Crippen molar-refractivity contribution >= 4 is 11.6 Å². The monoisotopic (exact) mass is 375 g/mol. The summed E-state index contributed by atoms with van der Waals surface area (Å²) in [5.41, 5.74) is -0.644. The van der Waals surface area contributed by atoms with Crippen molar-refractivity contribution in [1.29, 1.82) is 0 Å². The summed E-state index contributed by atoms with van der Waals surface area (Å²) in [7, 11) is 0. The lowest BCUT2D eigenvalue weighted by Crippen LogP contribution is -2.18. The van der Waals surface area contributed by atoms with Gasteiger partial charge in [-0.05, 0) is 37.3 Å². The zero-order valence-electron chi connectivity index (χ0n) is 14.0. The standard InChI is InChI=1S/C19H13F4N3O/c1-11-2-4-12(5-3-11)18(27)26-16-7-6-15(25-17(16)19(21,22)23)13-8-14(20)10-24-9-13/h2-10H,1H3,(H,26,27). The number of hydrogen-bond donors (Lipinski definition) is 1. The van der Waals surface area contributed by atoms with Crippen molar-refractivity contribution in [1.82, 2.24) is 9.97 Å². The van der Waals surface area contributed by atoms with Crippen LogP contribution in [0, 0.1) is 12.7 Å². The molecule has 138 valence electrons. The van der Waals surface area contributed by atoms with E-state index in [0.29, 0.717) is 0 Å². The number of rotatable bonds is 3. The van der Waals surface area contributed by atoms with E-state index in [1.165, 1.54) is 24.4 Å². The molecule has 0 aliphatic rings. The fourth-order valence-corrected chi connectivity index (χ4v) is 2.39. The van der Waals surface area contributed by atoms with Crippen LogP contribution in [0.3, 0.4) is 0 Å². The molecule has 1 N–H and O–H groups in total. The first-order valence-corrected chi connectivity index (χ1v) is 7.81. The van der Waals surface area contributed by atoms with Gasteiger partial charge in [0.1, 0.15) is 5.82 Å². The summed E-state index contributed by atoms with van der Waals surface area (Å²) >= 11 is 0. The second-order valence-corrected chi connectivity index (χ2v) is 5.80. The zero-order valence-corrected chi connectivity index (χ0v) is 14.0. The van der Waals surface area contributed by atoms with Gasteiger partial charge in [0, 0.05) is 17.3 Å². The number of carbonyl (C=O) groups is 1. The SMILES string of the molecule is Cc1ccc(C(=O)Nc2ccc(-c3cncc(F)c3)nc2C(F)(F)F)cc1. The zero-order chi connectivity index (χ0) is 19.6. The van der Waals surface area contributed by atoms with Gasteiger partial charge < -0.3 is 5.32 Å². The average Bonchev–Trinajstić information content (AvgIpc) is 2.61. The molecule has 0 fully saturated rings. The number of anilines is 1. The Labute approximate surface area is 151 Å². The minimum Gasteiger partial charge on any atom is -0.320 e. The van der Waals surface area contributed by atoms with Gasteiger partial charge in [0.2, 0.25) is 0 Å². The quantitative estimate of drug-likeness (QED) is 0.665. The summed E-state index contributed by atoms with van der Waals surface area (Å²) in [5, 5.41) is 2.23. The molecule has 0 spiro atoms. The van der Waals surface area contributed by atoms with E-state index in [0.717, 1.165) is 23.9 Å². The van der Waals surface area contributed by atoms with Crippen LogP contribution in [0.2, 0.25) is 0 Å². The summed E-state index contributed by atoms with van der Waals surface area (Å²) in [6, 6.07) is 9.75. The Bertz CT molecular complexity index is 985. The van der Waals surface area contributed by atoms with Crippen LogP contribution in [0.15, 0.2) is 54.9 Å². The smallest absolute Gasteiger partial charge is 0.320 e. The van der Waals surface area contributed by atoms with Crippen molar-refractivity contribution in [3.05, 3.63) is 77.5 Å². The number of amides is 1. The minimum absolute atomic E-state index is 0.0944. The predicted molar refractivity (Wildman–Crippen MR) is 91.6 cm³/mol. The third-order valence-corrected chi connectivity index (χ3v) is 3.73. The Morgan fingerprint density at radius 3 is 2.37 bits per heavy atom. The number of benzene rings is 1. The molecule has 3 aromatic rings. The highest BCUT2D eigenvalue weighted by molar-refractivity contribution is 6.04. The third-order valence-electron chi connectivity index (χ3n) is 3.73. The molecule has 0 atom stereocenters. The van der Waals surface area contributed by atoms with E-state index in [1.807, 2.05) is 6.92 Å². The lowest BCUT2D eigenvalue weighted by atomic mass is 10.1. The first-order chi connectivity index (χ1) is 12.7. The minimum atomic E-state index is -4.81. The molecule has 27 heavy (non-hydrogen) atoms. The Kier molecular flexibility index (Phi) is 4.89. The molecule has 4 nitrogen and oxygen atoms in total. The molecule has 2 heterocycles. The molecule has 0 aliphatic heterocycles. The van der Waals surface area contributed by atoms with E-state index in [-0.39, 0.29) is 16.8 Å². The average molecular weight is 375 g/mol. The van der Waals surface area contributed by atoms with Gasteiger partial charge in [0.25, 0.3) is 5.91 Å². The lowest BCUT2D eigenvalue weighted by Gasteiger charge is -2.14. The normalized spacial score (nSPS) is 11.3. The lowest BCUT2D eigenvalue weighted by molar-refractivity contribution is -0.140. The largest absolute Gasteiger partial charge is 0.435 e. The van der Waals surface area contributed by atoms with Crippen molar-refractivity contribution in [2.24, 2.45) is 0 Å². The van der Waals surface area contributed by atoms with E-state index in [9.17, 15) is 22.4 Å². The van der Waals surface area contributed by atoms with Crippen molar-refractivity contribution in [3.63, 3.8) is 0 Å². The third kappa shape index (κ3) is 4.28. The molecule has 0 saturated carbocycles. The molecule has 3 rings (SSSR count). The number of carbonyl (C=O) groups excluding carboxylic acids is 1. The number of pyridine rings is 2. The number of aryl methyl sites for hydroxylation is 1. The van der Waals surface area contributed by atoms with Crippen molar-refractivity contribution in [2.75, 3.05) is 5.32 Å². The molecule has 1 aromatic carbocycles. The van der Waals surface area contributed by atoms with Gasteiger partial charge in [-0.25, -0.2) is 9.37 Å². The number of hydrogen-bond acceptors (Lipinski definition) is 3. The highest BCUT2D eigenvalue weighted by atomic mass is 19.4. The topological polar surface area (TPSA) is 54.9 Å². The molecule has 0 radical (unpaired) electrons. The van der Waals surface area contributed by atoms with E-state index in [4.69, 9.17) is 0 Å². The van der Waals surface area contributed by atoms with Crippen molar-refractivity contribution < 1.29 is 22.4 Å². The fraction of sp³-hybridized carbons (Fsp3) is 0.105. The van der Waals surface area contributed by atoms with Gasteiger partial charge in [-0.2, -0.15) is 13.2 Å². The van der Waals surface area contributed by atoms with Crippen LogP contribution in [-0.2, 0) is 6.18 Å². The van der Waals surface area contributed by atoms with E-state index < -0.39 is 29.3 Å². The molecule has 0 unspecified atom stereocenters. The van der Waals surface area contributed by atoms with E-state index in [1.54, 1.807) is 12.1 Å². The van der Waals surface area contributed by atoms with E-state index >= 15 is 0 Å². The van der Waals surface area contributed by atoms with Gasteiger partial charge in [-0.15, -0.1) is 0 Å². The van der Waals surface area contributed by atoms with Gasteiger partial charge in [-0.1, -0.05) is 17.7 Å². The second-order valence-electron chi connectivity index (χ2n) is 5.80. The summed E-state index contributed by atoms with van der Waals surface area (Å²) in [5.74, 6) is -1.39. The summed E-state index contributed by atoms with van der Waals surface area (Å²) in [6.45, 7) is 1.83. The molecule has 0 aliphatic carbocycles. The van der Waals surface area contributed by atoms with Crippen LogP contribution in [-0.4, -0.2) is 15.9 Å². The summed E-state index contributed by atoms with van der Waals surface area (Å²) < 4.78 is 53.6. The van der Waals surface area contributed by atoms with Gasteiger partial charge >= 0.3 is 6.18 Å². The van der Waals surface area contributed by atoms with Crippen molar-refractivity contribution in [3.8, 4) is 11.3 Å². The molecular formula is C19H13F4N3O. The van der Waals surface area contributed by atoms with Gasteiger partial charge in [-0.3, -0.25) is 9.78 Å². The Balaban J connectivity index is 1.97. The van der Waals surface area contributed by atoms with Crippen LogP contribution in [0.25, 0.3) is 11.3 Å². The Morgan fingerprint density at radius 2 is 1.74 bits per heavy atom. The van der Waals surface area contributed by atoms with Crippen LogP contribution in [0.5, 0.6) is 0 Å². The Morgan fingerprint density at radius 1 is 1.04 bits per heavy atom. The van der Waals surface area contributed by atoms with Gasteiger partial charge in [0.05, 0.1) is 17.6 Å². The number of nitrogens with one attached hydrogen (secondary N) is 1. The van der Waals surface area contributed by atoms with Crippen molar-refractivity contribution in [2.45, 2.75) is 13.1 Å². The fourth-order valence-electron chi connectivity index (χ4n) is 2.39. The van der Waals surface area contributed by atoms with Crippen LogP contribution >= 0.6 is 0 Å². The number of nitrogens with zero attached hydrogens (tertiary/aromatic N) is 2. The maximum atomic E-state index is 13.4. The highest BCUT2D eigenvalue weighted by Crippen LogP contribution is 2.35. The Hall–Kier alpha value is -3.29. The molecule has 0 bridgehead atoms. The molecular weight excluding hydrogens is 362 g/mol. The predicted octanol–water partition coefficient (Wildman–Crippen LogP) is 4.86. The van der Waals surface area contributed by atoms with Crippen LogP contribution < -0.4 is 5.32 Å². The first kappa shape index (κ1) is 18.5. The molecule has 0 saturated heterocycles. The van der Waals surface area contributed by atoms with Crippen LogP contribution in [0.1, 0.15) is 21.6 Å². The van der Waals surface area contributed by atoms with Crippen LogP contribution in [0.4, 0.5) is 23.2 Å². The second kappa shape index (κ2) is 7.14.